The summed E-state index contributed by atoms with van der Waals surface area (Å²) in [6.07, 6.45) is 0.772. The molecular weight excluding hydrogens is 378 g/mol. The number of nitrogens with one attached hydrogen (secondary N) is 1. The number of carbonyl (C=O) groups excluding carboxylic acids is 1. The van der Waals surface area contributed by atoms with Gasteiger partial charge in [-0.05, 0) is 43.5 Å². The fourth-order valence-electron chi connectivity index (χ4n) is 3.33. The number of carbonyl (C=O) groups is 1. The third-order valence-electron chi connectivity index (χ3n) is 4.78. The van der Waals surface area contributed by atoms with Crippen molar-refractivity contribution in [3.05, 3.63) is 64.4 Å². The Labute approximate surface area is 176 Å². The van der Waals surface area contributed by atoms with Crippen molar-refractivity contribution in [1.82, 2.24) is 14.9 Å². The van der Waals surface area contributed by atoms with Crippen molar-refractivity contribution in [2.24, 2.45) is 5.92 Å². The van der Waals surface area contributed by atoms with Gasteiger partial charge >= 0.3 is 0 Å². The van der Waals surface area contributed by atoms with Crippen LogP contribution < -0.4 is 10.9 Å². The summed E-state index contributed by atoms with van der Waals surface area (Å²) in [6, 6.07) is 14.7. The van der Waals surface area contributed by atoms with Gasteiger partial charge in [-0.1, -0.05) is 38.1 Å². The largest absolute Gasteiger partial charge is 0.382 e. The number of fused-ring (bicyclic) bond motifs is 1. The zero-order valence-corrected chi connectivity index (χ0v) is 17.9. The lowest BCUT2D eigenvalue weighted by Crippen LogP contribution is -2.26. The monoisotopic (exact) mass is 407 g/mol. The second-order valence-corrected chi connectivity index (χ2v) is 7.64. The van der Waals surface area contributed by atoms with Crippen LogP contribution in [-0.2, 0) is 11.3 Å². The molecule has 30 heavy (non-hydrogen) atoms. The predicted octanol–water partition coefficient (Wildman–Crippen LogP) is 3.88. The second-order valence-electron chi connectivity index (χ2n) is 7.64. The molecule has 0 aliphatic heterocycles. The second kappa shape index (κ2) is 10.2. The lowest BCUT2D eigenvalue weighted by Gasteiger charge is -2.14. The summed E-state index contributed by atoms with van der Waals surface area (Å²) in [7, 11) is 0. The zero-order valence-electron chi connectivity index (χ0n) is 17.9. The normalized spacial score (nSPS) is 11.2. The van der Waals surface area contributed by atoms with Crippen LogP contribution in [0.1, 0.15) is 37.6 Å². The quantitative estimate of drug-likeness (QED) is 0.547. The lowest BCUT2D eigenvalue weighted by atomic mass is 10.1. The van der Waals surface area contributed by atoms with Crippen molar-refractivity contribution in [2.75, 3.05) is 19.8 Å². The number of benzene rings is 2. The summed E-state index contributed by atoms with van der Waals surface area (Å²) in [5.41, 5.74) is 3.16. The first-order valence-electron chi connectivity index (χ1n) is 10.5. The number of ether oxygens (including phenoxy) is 1. The molecule has 0 aliphatic carbocycles. The molecule has 6 nitrogen and oxygen atoms in total. The molecule has 2 aromatic carbocycles. The number of hydrogen-bond donors (Lipinski definition) is 1. The maximum Gasteiger partial charge on any atom is 0.277 e. The van der Waals surface area contributed by atoms with Crippen LogP contribution in [-0.4, -0.2) is 35.2 Å². The molecule has 0 radical (unpaired) electrons. The van der Waals surface area contributed by atoms with E-state index in [0.717, 1.165) is 17.5 Å². The van der Waals surface area contributed by atoms with E-state index >= 15 is 0 Å². The van der Waals surface area contributed by atoms with E-state index in [2.05, 4.69) is 24.1 Å². The van der Waals surface area contributed by atoms with E-state index in [0.29, 0.717) is 49.0 Å². The van der Waals surface area contributed by atoms with Gasteiger partial charge in [0.25, 0.3) is 11.5 Å². The number of hydrogen-bond acceptors (Lipinski definition) is 4. The molecular formula is C24H29N3O3. The molecule has 0 bridgehead atoms. The minimum atomic E-state index is -0.137. The summed E-state index contributed by atoms with van der Waals surface area (Å²) in [5.74, 6) is 0.192. The van der Waals surface area contributed by atoms with Gasteiger partial charge in [0.15, 0.2) is 0 Å². The predicted molar refractivity (Wildman–Crippen MR) is 120 cm³/mol. The fourth-order valence-corrected chi connectivity index (χ4v) is 3.33. The van der Waals surface area contributed by atoms with Crippen LogP contribution in [0.3, 0.4) is 0 Å². The van der Waals surface area contributed by atoms with Gasteiger partial charge in [0.1, 0.15) is 5.69 Å². The van der Waals surface area contributed by atoms with Crippen molar-refractivity contribution in [3.63, 3.8) is 0 Å². The standard InChI is InChI=1S/C24H29N3O3/c1-4-30-15-7-14-25-23(28)19-12-10-18(11-13-19)22-24(29)27(16-17(2)3)21-9-6-5-8-20(21)26-22/h5-6,8-13,17H,4,7,14-16H2,1-3H3,(H,25,28). The molecule has 1 heterocycles. The van der Waals surface area contributed by atoms with Gasteiger partial charge in [-0.15, -0.1) is 0 Å². The van der Waals surface area contributed by atoms with Crippen molar-refractivity contribution < 1.29 is 9.53 Å². The highest BCUT2D eigenvalue weighted by molar-refractivity contribution is 5.94. The third-order valence-corrected chi connectivity index (χ3v) is 4.78. The summed E-state index contributed by atoms with van der Waals surface area (Å²) in [4.78, 5) is 30.1. The molecule has 6 heteroatoms. The van der Waals surface area contributed by atoms with Crippen LogP contribution in [0.25, 0.3) is 22.3 Å². The highest BCUT2D eigenvalue weighted by atomic mass is 16.5. The van der Waals surface area contributed by atoms with Gasteiger partial charge in [-0.3, -0.25) is 9.59 Å². The smallest absolute Gasteiger partial charge is 0.277 e. The van der Waals surface area contributed by atoms with E-state index in [1.807, 2.05) is 31.2 Å². The average molecular weight is 408 g/mol. The summed E-state index contributed by atoms with van der Waals surface area (Å²) in [5, 5.41) is 2.88. The van der Waals surface area contributed by atoms with Crippen molar-refractivity contribution in [3.8, 4) is 11.3 Å². The Morgan fingerprint density at radius 2 is 1.87 bits per heavy atom. The van der Waals surface area contributed by atoms with Crippen LogP contribution >= 0.6 is 0 Å². The van der Waals surface area contributed by atoms with Crippen LogP contribution in [0, 0.1) is 5.92 Å². The number of para-hydroxylation sites is 2. The van der Waals surface area contributed by atoms with Crippen LogP contribution in [0.2, 0.25) is 0 Å². The SMILES string of the molecule is CCOCCCNC(=O)c1ccc(-c2nc3ccccc3n(CC(C)C)c2=O)cc1. The van der Waals surface area contributed by atoms with Crippen LogP contribution in [0.4, 0.5) is 0 Å². The minimum Gasteiger partial charge on any atom is -0.382 e. The van der Waals surface area contributed by atoms with E-state index in [1.54, 1.807) is 28.8 Å². The number of nitrogens with zero attached hydrogens (tertiary/aromatic N) is 2. The van der Waals surface area contributed by atoms with E-state index in [1.165, 1.54) is 0 Å². The molecule has 0 aliphatic rings. The Morgan fingerprint density at radius 1 is 1.13 bits per heavy atom. The molecule has 3 aromatic rings. The Morgan fingerprint density at radius 3 is 2.57 bits per heavy atom. The van der Waals surface area contributed by atoms with Gasteiger partial charge in [0.2, 0.25) is 0 Å². The zero-order chi connectivity index (χ0) is 21.5. The van der Waals surface area contributed by atoms with Gasteiger partial charge in [0, 0.05) is 37.4 Å². The molecule has 0 saturated carbocycles. The highest BCUT2D eigenvalue weighted by Crippen LogP contribution is 2.19. The molecule has 0 atom stereocenters. The molecule has 158 valence electrons. The molecule has 1 amide bonds. The lowest BCUT2D eigenvalue weighted by molar-refractivity contribution is 0.0944. The summed E-state index contributed by atoms with van der Waals surface area (Å²) >= 11 is 0. The molecule has 3 rings (SSSR count). The minimum absolute atomic E-state index is 0.115. The van der Waals surface area contributed by atoms with E-state index < -0.39 is 0 Å². The Hall–Kier alpha value is -2.99. The van der Waals surface area contributed by atoms with Gasteiger partial charge in [-0.25, -0.2) is 4.98 Å². The maximum absolute atomic E-state index is 13.2. The van der Waals surface area contributed by atoms with Gasteiger partial charge < -0.3 is 14.6 Å². The van der Waals surface area contributed by atoms with E-state index in [-0.39, 0.29) is 11.5 Å². The van der Waals surface area contributed by atoms with Gasteiger partial charge in [-0.2, -0.15) is 0 Å². The number of rotatable bonds is 9. The number of aromatic nitrogens is 2. The Bertz CT molecular complexity index is 1060. The first kappa shape index (κ1) is 21.7. The summed E-state index contributed by atoms with van der Waals surface area (Å²) in [6.45, 7) is 8.61. The molecule has 1 aromatic heterocycles. The van der Waals surface area contributed by atoms with Crippen LogP contribution in [0.5, 0.6) is 0 Å². The maximum atomic E-state index is 13.2. The Kier molecular flexibility index (Phi) is 7.36. The van der Waals surface area contributed by atoms with Crippen LogP contribution in [0.15, 0.2) is 53.3 Å². The topological polar surface area (TPSA) is 73.2 Å². The van der Waals surface area contributed by atoms with Gasteiger partial charge in [0.05, 0.1) is 11.0 Å². The fraction of sp³-hybridized carbons (Fsp3) is 0.375. The summed E-state index contributed by atoms with van der Waals surface area (Å²) < 4.78 is 7.06. The third kappa shape index (κ3) is 5.13. The Balaban J connectivity index is 1.85. The van der Waals surface area contributed by atoms with Crippen molar-refractivity contribution in [2.45, 2.75) is 33.7 Å². The molecule has 1 N–H and O–H groups in total. The average Bonchev–Trinajstić information content (AvgIpc) is 2.75. The first-order valence-corrected chi connectivity index (χ1v) is 10.5. The highest BCUT2D eigenvalue weighted by Gasteiger charge is 2.14. The van der Waals surface area contributed by atoms with Crippen molar-refractivity contribution in [1.29, 1.82) is 0 Å². The number of amides is 1. The molecule has 0 unspecified atom stereocenters. The van der Waals surface area contributed by atoms with Crippen molar-refractivity contribution >= 4 is 16.9 Å². The molecule has 0 spiro atoms. The molecule has 0 saturated heterocycles. The van der Waals surface area contributed by atoms with E-state index in [9.17, 15) is 9.59 Å². The van der Waals surface area contributed by atoms with E-state index in [4.69, 9.17) is 4.74 Å². The molecule has 0 fully saturated rings. The first-order chi connectivity index (χ1) is 14.5.